The molecule has 1 fully saturated rings. The number of benzene rings is 1. The Balaban J connectivity index is 1.62. The quantitative estimate of drug-likeness (QED) is 0.867. The first-order chi connectivity index (χ1) is 12.6. The lowest BCUT2D eigenvalue weighted by Gasteiger charge is -2.31. The SMILES string of the molecule is Cc1ccc([C@@H](C)N(C)C(=O)NCc2ccccc2N2CCOCC2)s1. The van der Waals surface area contributed by atoms with Crippen molar-refractivity contribution >= 4 is 23.1 Å². The molecule has 5 nitrogen and oxygen atoms in total. The molecule has 6 heteroatoms. The van der Waals surface area contributed by atoms with E-state index in [1.165, 1.54) is 15.4 Å². The summed E-state index contributed by atoms with van der Waals surface area (Å²) in [4.78, 5) is 19.2. The maximum Gasteiger partial charge on any atom is 0.317 e. The fourth-order valence-corrected chi connectivity index (χ4v) is 4.09. The molecule has 1 aromatic heterocycles. The number of urea groups is 1. The molecule has 0 aliphatic carbocycles. The van der Waals surface area contributed by atoms with Crippen LogP contribution in [-0.2, 0) is 11.3 Å². The number of thiophene rings is 1. The van der Waals surface area contributed by atoms with Gasteiger partial charge < -0.3 is 19.9 Å². The second-order valence-electron chi connectivity index (χ2n) is 6.62. The summed E-state index contributed by atoms with van der Waals surface area (Å²) in [7, 11) is 1.85. The summed E-state index contributed by atoms with van der Waals surface area (Å²) >= 11 is 1.74. The number of hydrogen-bond acceptors (Lipinski definition) is 4. The highest BCUT2D eigenvalue weighted by Gasteiger charge is 2.19. The molecule has 0 saturated carbocycles. The minimum absolute atomic E-state index is 0.0552. The van der Waals surface area contributed by atoms with Gasteiger partial charge >= 0.3 is 6.03 Å². The van der Waals surface area contributed by atoms with Gasteiger partial charge in [-0.1, -0.05) is 18.2 Å². The number of hydrogen-bond donors (Lipinski definition) is 1. The highest BCUT2D eigenvalue weighted by molar-refractivity contribution is 7.12. The number of nitrogens with one attached hydrogen (secondary N) is 1. The lowest BCUT2D eigenvalue weighted by Crippen LogP contribution is -2.39. The van der Waals surface area contributed by atoms with Crippen molar-refractivity contribution in [3.63, 3.8) is 0 Å². The lowest BCUT2D eigenvalue weighted by molar-refractivity contribution is 0.122. The number of para-hydroxylation sites is 1. The van der Waals surface area contributed by atoms with Crippen LogP contribution < -0.4 is 10.2 Å². The van der Waals surface area contributed by atoms with Gasteiger partial charge in [0.1, 0.15) is 0 Å². The van der Waals surface area contributed by atoms with Gasteiger partial charge in [0.2, 0.25) is 0 Å². The summed E-state index contributed by atoms with van der Waals surface area (Å²) in [5.74, 6) is 0. The van der Waals surface area contributed by atoms with Crippen molar-refractivity contribution in [3.05, 3.63) is 51.7 Å². The highest BCUT2D eigenvalue weighted by Crippen LogP contribution is 2.26. The number of amides is 2. The summed E-state index contributed by atoms with van der Waals surface area (Å²) in [6.45, 7) is 7.95. The topological polar surface area (TPSA) is 44.8 Å². The maximum absolute atomic E-state index is 12.6. The molecule has 2 heterocycles. The Hall–Kier alpha value is -2.05. The molecular formula is C20H27N3O2S. The summed E-state index contributed by atoms with van der Waals surface area (Å²) in [5.41, 5.74) is 2.32. The second kappa shape index (κ2) is 8.56. The van der Waals surface area contributed by atoms with E-state index in [2.05, 4.69) is 48.3 Å². The van der Waals surface area contributed by atoms with E-state index in [-0.39, 0.29) is 12.1 Å². The van der Waals surface area contributed by atoms with E-state index in [9.17, 15) is 4.79 Å². The predicted molar refractivity (Wildman–Crippen MR) is 107 cm³/mol. The maximum atomic E-state index is 12.6. The van der Waals surface area contributed by atoms with Crippen LogP contribution in [0.15, 0.2) is 36.4 Å². The summed E-state index contributed by atoms with van der Waals surface area (Å²) in [6, 6.07) is 12.5. The summed E-state index contributed by atoms with van der Waals surface area (Å²) < 4.78 is 5.44. The average molecular weight is 374 g/mol. The minimum atomic E-state index is -0.0552. The van der Waals surface area contributed by atoms with E-state index >= 15 is 0 Å². The molecule has 1 N–H and O–H groups in total. The number of carbonyl (C=O) groups is 1. The zero-order valence-corrected chi connectivity index (χ0v) is 16.5. The van der Waals surface area contributed by atoms with E-state index in [4.69, 9.17) is 4.74 Å². The van der Waals surface area contributed by atoms with Gasteiger partial charge in [-0.05, 0) is 37.6 Å². The number of anilines is 1. The summed E-state index contributed by atoms with van der Waals surface area (Å²) in [5, 5.41) is 3.07. The van der Waals surface area contributed by atoms with E-state index in [0.717, 1.165) is 31.9 Å². The Morgan fingerprint density at radius 3 is 2.69 bits per heavy atom. The zero-order chi connectivity index (χ0) is 18.5. The van der Waals surface area contributed by atoms with Crippen LogP contribution in [0.4, 0.5) is 10.5 Å². The molecule has 26 heavy (non-hydrogen) atoms. The Kier molecular flexibility index (Phi) is 6.16. The van der Waals surface area contributed by atoms with Crippen molar-refractivity contribution in [2.24, 2.45) is 0 Å². The Morgan fingerprint density at radius 1 is 1.27 bits per heavy atom. The number of carbonyl (C=O) groups excluding carboxylic acids is 1. The Morgan fingerprint density at radius 2 is 2.00 bits per heavy atom. The number of morpholine rings is 1. The molecule has 0 unspecified atom stereocenters. The van der Waals surface area contributed by atoms with E-state index < -0.39 is 0 Å². The Bertz CT molecular complexity index is 740. The first kappa shape index (κ1) is 18.7. The predicted octanol–water partition coefficient (Wildman–Crippen LogP) is 3.80. The zero-order valence-electron chi connectivity index (χ0n) is 15.7. The molecule has 0 radical (unpaired) electrons. The normalized spacial score (nSPS) is 15.6. The van der Waals surface area contributed by atoms with E-state index in [1.807, 2.05) is 19.2 Å². The van der Waals surface area contributed by atoms with Gasteiger partial charge in [-0.15, -0.1) is 11.3 Å². The van der Waals surface area contributed by atoms with Gasteiger partial charge in [0.05, 0.1) is 19.3 Å². The first-order valence-electron chi connectivity index (χ1n) is 9.04. The van der Waals surface area contributed by atoms with E-state index in [1.54, 1.807) is 16.2 Å². The van der Waals surface area contributed by atoms with Crippen molar-refractivity contribution in [1.29, 1.82) is 0 Å². The number of aryl methyl sites for hydroxylation is 1. The van der Waals surface area contributed by atoms with Crippen LogP contribution in [0.5, 0.6) is 0 Å². The van der Waals surface area contributed by atoms with Crippen LogP contribution in [0, 0.1) is 6.92 Å². The molecule has 1 aromatic carbocycles. The van der Waals surface area contributed by atoms with Crippen LogP contribution in [0.2, 0.25) is 0 Å². The van der Waals surface area contributed by atoms with Crippen LogP contribution in [0.25, 0.3) is 0 Å². The third kappa shape index (κ3) is 4.37. The summed E-state index contributed by atoms with van der Waals surface area (Å²) in [6.07, 6.45) is 0. The molecule has 1 aliphatic heterocycles. The monoisotopic (exact) mass is 373 g/mol. The fourth-order valence-electron chi connectivity index (χ4n) is 3.11. The van der Waals surface area contributed by atoms with Gasteiger partial charge in [0.25, 0.3) is 0 Å². The van der Waals surface area contributed by atoms with Gasteiger partial charge in [0.15, 0.2) is 0 Å². The largest absolute Gasteiger partial charge is 0.378 e. The molecule has 2 amide bonds. The second-order valence-corrected chi connectivity index (χ2v) is 7.94. The minimum Gasteiger partial charge on any atom is -0.378 e. The number of ether oxygens (including phenoxy) is 1. The van der Waals surface area contributed by atoms with E-state index in [0.29, 0.717) is 6.54 Å². The average Bonchev–Trinajstić information content (AvgIpc) is 3.12. The van der Waals surface area contributed by atoms with Crippen LogP contribution >= 0.6 is 11.3 Å². The molecule has 2 aromatic rings. The van der Waals surface area contributed by atoms with Gasteiger partial charge in [-0.3, -0.25) is 0 Å². The Labute approximate surface area is 159 Å². The van der Waals surface area contributed by atoms with Crippen molar-refractivity contribution in [1.82, 2.24) is 10.2 Å². The van der Waals surface area contributed by atoms with Crippen LogP contribution in [0.3, 0.4) is 0 Å². The van der Waals surface area contributed by atoms with Gasteiger partial charge in [-0.25, -0.2) is 4.79 Å². The number of rotatable bonds is 5. The molecule has 3 rings (SSSR count). The standard InChI is InChI=1S/C20H27N3O2S/c1-15-8-9-19(26-15)16(2)22(3)20(24)21-14-17-6-4-5-7-18(17)23-10-12-25-13-11-23/h4-9,16H,10-14H2,1-3H3,(H,21,24)/t16-/m1/s1. The van der Waals surface area contributed by atoms with Crippen LogP contribution in [0.1, 0.15) is 28.3 Å². The first-order valence-corrected chi connectivity index (χ1v) is 9.85. The molecule has 140 valence electrons. The highest BCUT2D eigenvalue weighted by atomic mass is 32.1. The lowest BCUT2D eigenvalue weighted by atomic mass is 10.1. The van der Waals surface area contributed by atoms with Crippen molar-refractivity contribution in [3.8, 4) is 0 Å². The fraction of sp³-hybridized carbons (Fsp3) is 0.450. The third-order valence-corrected chi connectivity index (χ3v) is 6.02. The van der Waals surface area contributed by atoms with Crippen molar-refractivity contribution in [2.45, 2.75) is 26.4 Å². The van der Waals surface area contributed by atoms with Crippen molar-refractivity contribution in [2.75, 3.05) is 38.3 Å². The smallest absolute Gasteiger partial charge is 0.317 e. The van der Waals surface area contributed by atoms with Crippen molar-refractivity contribution < 1.29 is 9.53 Å². The molecular weight excluding hydrogens is 346 g/mol. The number of nitrogens with zero attached hydrogens (tertiary/aromatic N) is 2. The molecule has 0 spiro atoms. The molecule has 0 bridgehead atoms. The van der Waals surface area contributed by atoms with Crippen LogP contribution in [-0.4, -0.2) is 44.3 Å². The van der Waals surface area contributed by atoms with Gasteiger partial charge in [0, 0.05) is 42.1 Å². The molecule has 1 atom stereocenters. The third-order valence-electron chi connectivity index (χ3n) is 4.85. The van der Waals surface area contributed by atoms with Gasteiger partial charge in [-0.2, -0.15) is 0 Å². The molecule has 1 aliphatic rings. The molecule has 1 saturated heterocycles.